The number of pyridine rings is 1. The molecule has 1 saturated heterocycles. The van der Waals surface area contributed by atoms with Gasteiger partial charge >= 0.3 is 5.97 Å². The Bertz CT molecular complexity index is 675. The smallest absolute Gasteiger partial charge is 0.325 e. The maximum Gasteiger partial charge on any atom is 0.325 e. The van der Waals surface area contributed by atoms with Crippen LogP contribution in [-0.2, 0) is 9.59 Å². The number of amides is 1. The lowest BCUT2D eigenvalue weighted by Crippen LogP contribution is -2.55. The average molecular weight is 363 g/mol. The summed E-state index contributed by atoms with van der Waals surface area (Å²) in [7, 11) is 2.92. The second-order valence-corrected chi connectivity index (χ2v) is 6.69. The van der Waals surface area contributed by atoms with Crippen LogP contribution in [0.3, 0.4) is 0 Å². The molecule has 1 atom stereocenters. The van der Waals surface area contributed by atoms with Gasteiger partial charge < -0.3 is 19.5 Å². The first-order valence-corrected chi connectivity index (χ1v) is 8.90. The summed E-state index contributed by atoms with van der Waals surface area (Å²) in [6.45, 7) is 1.15. The largest absolute Gasteiger partial charge is 0.481 e. The molecule has 1 aromatic rings. The lowest BCUT2D eigenvalue weighted by molar-refractivity contribution is -0.149. The van der Waals surface area contributed by atoms with Crippen molar-refractivity contribution in [3.8, 4) is 11.8 Å². The quantitative estimate of drug-likeness (QED) is 0.815. The average Bonchev–Trinajstić information content (AvgIpc) is 3.16. The summed E-state index contributed by atoms with van der Waals surface area (Å²) in [6.07, 6.45) is 4.41. The maximum atomic E-state index is 12.6. The van der Waals surface area contributed by atoms with Crippen LogP contribution in [0.25, 0.3) is 0 Å². The van der Waals surface area contributed by atoms with Gasteiger partial charge in [-0.2, -0.15) is 4.98 Å². The van der Waals surface area contributed by atoms with Gasteiger partial charge in [0.05, 0.1) is 20.8 Å². The third-order valence-electron chi connectivity index (χ3n) is 5.21. The van der Waals surface area contributed by atoms with Crippen molar-refractivity contribution in [1.82, 2.24) is 14.8 Å². The molecule has 0 aromatic carbocycles. The highest BCUT2D eigenvalue weighted by Crippen LogP contribution is 2.32. The summed E-state index contributed by atoms with van der Waals surface area (Å²) < 4.78 is 10.3. The molecule has 8 nitrogen and oxygen atoms in total. The minimum atomic E-state index is -1.03. The summed E-state index contributed by atoms with van der Waals surface area (Å²) in [6, 6.07) is 2.56. The van der Waals surface area contributed by atoms with E-state index in [4.69, 9.17) is 9.47 Å². The van der Waals surface area contributed by atoms with Gasteiger partial charge in [0, 0.05) is 30.8 Å². The van der Waals surface area contributed by atoms with Crippen LogP contribution in [-0.4, -0.2) is 71.7 Å². The Morgan fingerprint density at radius 2 is 1.96 bits per heavy atom. The van der Waals surface area contributed by atoms with E-state index in [1.807, 2.05) is 4.90 Å². The molecule has 1 N–H and O–H groups in total. The molecule has 2 aliphatic rings. The van der Waals surface area contributed by atoms with Crippen molar-refractivity contribution in [2.75, 3.05) is 33.9 Å². The first-order valence-electron chi connectivity index (χ1n) is 8.90. The number of methoxy groups -OCH3 is 2. The number of carboxylic acid groups (broad SMARTS) is 1. The minimum absolute atomic E-state index is 0.00478. The fourth-order valence-electron chi connectivity index (χ4n) is 3.93. The van der Waals surface area contributed by atoms with Gasteiger partial charge in [0.1, 0.15) is 6.04 Å². The molecule has 8 heteroatoms. The second kappa shape index (κ2) is 7.90. The Morgan fingerprint density at radius 1 is 1.23 bits per heavy atom. The van der Waals surface area contributed by atoms with Gasteiger partial charge in [-0.1, -0.05) is 12.8 Å². The first-order chi connectivity index (χ1) is 12.5. The van der Waals surface area contributed by atoms with Crippen LogP contribution < -0.4 is 9.47 Å². The van der Waals surface area contributed by atoms with E-state index in [0.29, 0.717) is 30.6 Å². The van der Waals surface area contributed by atoms with Crippen LogP contribution in [0.4, 0.5) is 0 Å². The van der Waals surface area contributed by atoms with Crippen molar-refractivity contribution in [1.29, 1.82) is 0 Å². The number of aliphatic carboxylic acids is 1. The molecule has 1 aliphatic carbocycles. The Balaban J connectivity index is 1.81. The van der Waals surface area contributed by atoms with Gasteiger partial charge in [-0.25, -0.2) is 0 Å². The van der Waals surface area contributed by atoms with E-state index in [2.05, 4.69) is 4.98 Å². The van der Waals surface area contributed by atoms with Crippen LogP contribution in [0.1, 0.15) is 37.3 Å². The number of nitrogens with zero attached hydrogens (tertiary/aromatic N) is 3. The van der Waals surface area contributed by atoms with Crippen LogP contribution in [0, 0.1) is 0 Å². The van der Waals surface area contributed by atoms with Gasteiger partial charge in [-0.05, 0) is 18.9 Å². The molecule has 1 aromatic heterocycles. The molecular weight excluding hydrogens is 338 g/mol. The van der Waals surface area contributed by atoms with E-state index in [0.717, 1.165) is 25.7 Å². The highest BCUT2D eigenvalue weighted by Gasteiger charge is 2.38. The Morgan fingerprint density at radius 3 is 2.54 bits per heavy atom. The van der Waals surface area contributed by atoms with E-state index in [1.54, 1.807) is 17.0 Å². The summed E-state index contributed by atoms with van der Waals surface area (Å²) in [4.78, 5) is 32.4. The summed E-state index contributed by atoms with van der Waals surface area (Å²) >= 11 is 0. The summed E-state index contributed by atoms with van der Waals surface area (Å²) in [5.74, 6) is -0.494. The molecule has 142 valence electrons. The zero-order valence-corrected chi connectivity index (χ0v) is 15.2. The predicted molar refractivity (Wildman–Crippen MR) is 93.3 cm³/mol. The van der Waals surface area contributed by atoms with E-state index in [9.17, 15) is 14.7 Å². The van der Waals surface area contributed by atoms with Crippen molar-refractivity contribution in [2.45, 2.75) is 37.8 Å². The standard InChI is InChI=1S/C18H25N3O5/c1-25-14-8-7-13(17(19-14)26-2)16(18(23)24)20-9-10-21(15(22)11-20)12-5-3-4-6-12/h7-8,12,16H,3-6,9-11H2,1-2H3,(H,23,24). The molecule has 0 radical (unpaired) electrons. The number of aromatic nitrogens is 1. The Labute approximate surface area is 152 Å². The number of carboxylic acids is 1. The van der Waals surface area contributed by atoms with Crippen molar-refractivity contribution in [3.05, 3.63) is 17.7 Å². The fraction of sp³-hybridized carbons (Fsp3) is 0.611. The lowest BCUT2D eigenvalue weighted by Gasteiger charge is -2.40. The van der Waals surface area contributed by atoms with Crippen molar-refractivity contribution in [2.24, 2.45) is 0 Å². The third-order valence-corrected chi connectivity index (χ3v) is 5.21. The topological polar surface area (TPSA) is 92.2 Å². The minimum Gasteiger partial charge on any atom is -0.481 e. The molecule has 3 rings (SSSR count). The zero-order chi connectivity index (χ0) is 18.7. The van der Waals surface area contributed by atoms with E-state index >= 15 is 0 Å². The SMILES string of the molecule is COc1ccc(C(C(=O)O)N2CCN(C3CCCC3)C(=O)C2)c(OC)n1. The molecule has 1 saturated carbocycles. The van der Waals surface area contributed by atoms with Crippen molar-refractivity contribution >= 4 is 11.9 Å². The molecule has 2 heterocycles. The Kier molecular flexibility index (Phi) is 5.61. The number of carbonyl (C=O) groups is 2. The molecule has 0 bridgehead atoms. The monoisotopic (exact) mass is 363 g/mol. The van der Waals surface area contributed by atoms with Crippen LogP contribution >= 0.6 is 0 Å². The van der Waals surface area contributed by atoms with Crippen LogP contribution in [0.2, 0.25) is 0 Å². The number of piperazine rings is 1. The normalized spacial score (nSPS) is 20.2. The number of hydrogen-bond donors (Lipinski definition) is 1. The Hall–Kier alpha value is -2.35. The first kappa shape index (κ1) is 18.4. The molecule has 1 amide bonds. The number of ether oxygens (including phenoxy) is 2. The van der Waals surface area contributed by atoms with Gasteiger partial charge in [0.15, 0.2) is 0 Å². The van der Waals surface area contributed by atoms with E-state index in [-0.39, 0.29) is 18.3 Å². The van der Waals surface area contributed by atoms with E-state index in [1.165, 1.54) is 14.2 Å². The summed E-state index contributed by atoms with van der Waals surface area (Å²) in [5.41, 5.74) is 0.419. The molecular formula is C18H25N3O5. The fourth-order valence-corrected chi connectivity index (χ4v) is 3.93. The molecule has 26 heavy (non-hydrogen) atoms. The zero-order valence-electron chi connectivity index (χ0n) is 15.2. The number of hydrogen-bond acceptors (Lipinski definition) is 6. The van der Waals surface area contributed by atoms with Gasteiger partial charge in [0.2, 0.25) is 17.7 Å². The number of carbonyl (C=O) groups excluding carboxylic acids is 1. The third kappa shape index (κ3) is 3.60. The maximum absolute atomic E-state index is 12.6. The highest BCUT2D eigenvalue weighted by atomic mass is 16.5. The van der Waals surface area contributed by atoms with Crippen LogP contribution in [0.15, 0.2) is 12.1 Å². The lowest BCUT2D eigenvalue weighted by atomic mass is 10.0. The molecule has 1 unspecified atom stereocenters. The van der Waals surface area contributed by atoms with Gasteiger partial charge in [-0.3, -0.25) is 14.5 Å². The van der Waals surface area contributed by atoms with Crippen molar-refractivity contribution < 1.29 is 24.2 Å². The van der Waals surface area contributed by atoms with E-state index < -0.39 is 12.0 Å². The number of rotatable bonds is 6. The molecule has 0 spiro atoms. The second-order valence-electron chi connectivity index (χ2n) is 6.69. The predicted octanol–water partition coefficient (Wildman–Crippen LogP) is 1.31. The van der Waals surface area contributed by atoms with Gasteiger partial charge in [0.25, 0.3) is 0 Å². The summed E-state index contributed by atoms with van der Waals surface area (Å²) in [5, 5.41) is 9.81. The molecule has 2 fully saturated rings. The highest BCUT2D eigenvalue weighted by molar-refractivity contribution is 5.82. The van der Waals surface area contributed by atoms with Gasteiger partial charge in [-0.15, -0.1) is 0 Å². The van der Waals surface area contributed by atoms with Crippen LogP contribution in [0.5, 0.6) is 11.8 Å². The van der Waals surface area contributed by atoms with Crippen molar-refractivity contribution in [3.63, 3.8) is 0 Å². The molecule has 1 aliphatic heterocycles.